The Morgan fingerprint density at radius 1 is 0.957 bits per heavy atom. The molecular weight excluding hydrogens is 312 g/mol. The van der Waals surface area contributed by atoms with Crippen LogP contribution in [0.1, 0.15) is 0 Å². The molecule has 4 rings (SSSR count). The molecule has 0 aliphatic carbocycles. The molecule has 116 valence electrons. The van der Waals surface area contributed by atoms with Gasteiger partial charge in [0.05, 0.1) is 17.4 Å². The summed E-state index contributed by atoms with van der Waals surface area (Å²) in [7, 11) is 1.90. The molecule has 1 aromatic carbocycles. The first-order chi connectivity index (χ1) is 10.7. The van der Waals surface area contributed by atoms with Gasteiger partial charge in [-0.25, -0.2) is 9.50 Å². The molecule has 0 aliphatic heterocycles. The molecule has 0 atom stereocenters. The fourth-order valence-corrected chi connectivity index (χ4v) is 2.52. The Morgan fingerprint density at radius 3 is 2.43 bits per heavy atom. The van der Waals surface area contributed by atoms with Gasteiger partial charge in [-0.1, -0.05) is 12.1 Å². The van der Waals surface area contributed by atoms with Crippen LogP contribution in [0.3, 0.4) is 0 Å². The number of nitrogen functional groups attached to an aromatic ring is 1. The van der Waals surface area contributed by atoms with E-state index in [0.29, 0.717) is 0 Å². The lowest BCUT2D eigenvalue weighted by atomic mass is 10.1. The monoisotopic (exact) mass is 326 g/mol. The highest BCUT2D eigenvalue weighted by atomic mass is 35.5. The third kappa shape index (κ3) is 2.64. The first-order valence-corrected chi connectivity index (χ1v) is 6.89. The van der Waals surface area contributed by atoms with Gasteiger partial charge in [0.25, 0.3) is 0 Å². The maximum Gasteiger partial charge on any atom is 0.137 e. The van der Waals surface area contributed by atoms with E-state index in [1.807, 2.05) is 54.4 Å². The fourth-order valence-electron chi connectivity index (χ4n) is 2.52. The number of benzene rings is 1. The number of aromatic nitrogens is 5. The second-order valence-corrected chi connectivity index (χ2v) is 5.19. The maximum atomic E-state index is 5.75. The summed E-state index contributed by atoms with van der Waals surface area (Å²) in [6.45, 7) is 0. The highest BCUT2D eigenvalue weighted by Crippen LogP contribution is 2.27. The van der Waals surface area contributed by atoms with Gasteiger partial charge in [-0.05, 0) is 18.2 Å². The number of hydrogen-bond donors (Lipinski definition) is 1. The van der Waals surface area contributed by atoms with Crippen molar-refractivity contribution in [2.45, 2.75) is 0 Å². The molecule has 0 unspecified atom stereocenters. The quantitative estimate of drug-likeness (QED) is 0.575. The first-order valence-electron chi connectivity index (χ1n) is 6.89. The maximum absolute atomic E-state index is 5.75. The highest BCUT2D eigenvalue weighted by Gasteiger charge is 2.10. The summed E-state index contributed by atoms with van der Waals surface area (Å²) in [6.07, 6.45) is 7.36. The van der Waals surface area contributed by atoms with E-state index in [2.05, 4.69) is 21.2 Å². The number of hydrogen-bond acceptors (Lipinski definition) is 4. The molecule has 0 aliphatic rings. The average molecular weight is 327 g/mol. The zero-order valence-corrected chi connectivity index (χ0v) is 13.2. The Hall–Kier alpha value is -2.86. The van der Waals surface area contributed by atoms with Crippen LogP contribution in [-0.4, -0.2) is 24.4 Å². The van der Waals surface area contributed by atoms with Crippen LogP contribution >= 0.6 is 12.4 Å². The van der Waals surface area contributed by atoms with Gasteiger partial charge < -0.3 is 5.73 Å². The summed E-state index contributed by atoms with van der Waals surface area (Å²) in [6, 6.07) is 9.75. The average Bonchev–Trinajstić information content (AvgIpc) is 3.13. The predicted molar refractivity (Wildman–Crippen MR) is 92.3 cm³/mol. The molecule has 6 nitrogen and oxygen atoms in total. The van der Waals surface area contributed by atoms with Crippen molar-refractivity contribution in [1.29, 1.82) is 0 Å². The number of nitrogens with two attached hydrogens (primary N) is 1. The number of aryl methyl sites for hydroxylation is 1. The molecule has 0 spiro atoms. The van der Waals surface area contributed by atoms with E-state index in [1.165, 1.54) is 0 Å². The third-order valence-corrected chi connectivity index (χ3v) is 3.63. The first kappa shape index (κ1) is 15.1. The lowest BCUT2D eigenvalue weighted by Gasteiger charge is -2.03. The molecule has 0 saturated heterocycles. The van der Waals surface area contributed by atoms with Gasteiger partial charge in [0.2, 0.25) is 0 Å². The SMILES string of the molecule is Cl.Cn1cc(-c2cc3c(-c4ccc(N)cc4)ncnn3c2)cn1. The lowest BCUT2D eigenvalue weighted by Crippen LogP contribution is -1.94. The minimum absolute atomic E-state index is 0. The number of fused-ring (bicyclic) bond motifs is 1. The Balaban J connectivity index is 0.00000156. The van der Waals surface area contributed by atoms with Crippen molar-refractivity contribution in [3.05, 3.63) is 55.2 Å². The smallest absolute Gasteiger partial charge is 0.137 e. The van der Waals surface area contributed by atoms with E-state index in [1.54, 1.807) is 11.0 Å². The van der Waals surface area contributed by atoms with E-state index in [4.69, 9.17) is 5.73 Å². The number of rotatable bonds is 2. The van der Waals surface area contributed by atoms with Crippen molar-refractivity contribution in [2.24, 2.45) is 7.05 Å². The summed E-state index contributed by atoms with van der Waals surface area (Å²) < 4.78 is 3.62. The van der Waals surface area contributed by atoms with Gasteiger partial charge in [-0.15, -0.1) is 12.4 Å². The van der Waals surface area contributed by atoms with E-state index in [9.17, 15) is 0 Å². The summed E-state index contributed by atoms with van der Waals surface area (Å²) in [5.74, 6) is 0. The molecular formula is C16H15ClN6. The van der Waals surface area contributed by atoms with Gasteiger partial charge in [-0.2, -0.15) is 10.2 Å². The number of anilines is 1. The van der Waals surface area contributed by atoms with Crippen LogP contribution < -0.4 is 5.73 Å². The molecule has 4 aromatic rings. The summed E-state index contributed by atoms with van der Waals surface area (Å²) in [4.78, 5) is 4.43. The van der Waals surface area contributed by atoms with Crippen molar-refractivity contribution in [3.63, 3.8) is 0 Å². The molecule has 23 heavy (non-hydrogen) atoms. The molecule has 0 bridgehead atoms. The minimum atomic E-state index is 0. The Kier molecular flexibility index (Phi) is 3.75. The minimum Gasteiger partial charge on any atom is -0.399 e. The second-order valence-electron chi connectivity index (χ2n) is 5.19. The zero-order chi connectivity index (χ0) is 15.1. The largest absolute Gasteiger partial charge is 0.399 e. The van der Waals surface area contributed by atoms with E-state index >= 15 is 0 Å². The molecule has 7 heteroatoms. The zero-order valence-electron chi connectivity index (χ0n) is 12.4. The fraction of sp³-hybridized carbons (Fsp3) is 0.0625. The Bertz CT molecular complexity index is 954. The van der Waals surface area contributed by atoms with Gasteiger partial charge in [0.15, 0.2) is 0 Å². The summed E-state index contributed by atoms with van der Waals surface area (Å²) in [5.41, 5.74) is 11.4. The van der Waals surface area contributed by atoms with Crippen molar-refractivity contribution >= 4 is 23.6 Å². The van der Waals surface area contributed by atoms with Crippen molar-refractivity contribution in [1.82, 2.24) is 24.4 Å². The molecule has 3 aromatic heterocycles. The molecule has 0 fully saturated rings. The standard InChI is InChI=1S/C16H14N6.ClH/c1-21-8-13(7-19-21)12-6-15-16(18-10-20-22(15)9-12)11-2-4-14(17)5-3-11;/h2-10H,17H2,1H3;1H. The van der Waals surface area contributed by atoms with Crippen LogP contribution in [-0.2, 0) is 7.05 Å². The molecule has 2 N–H and O–H groups in total. The van der Waals surface area contributed by atoms with E-state index in [0.717, 1.165) is 33.6 Å². The van der Waals surface area contributed by atoms with Gasteiger partial charge >= 0.3 is 0 Å². The Morgan fingerprint density at radius 2 is 1.74 bits per heavy atom. The van der Waals surface area contributed by atoms with Crippen molar-refractivity contribution < 1.29 is 0 Å². The van der Waals surface area contributed by atoms with Crippen LogP contribution in [0, 0.1) is 0 Å². The van der Waals surface area contributed by atoms with Gasteiger partial charge in [0.1, 0.15) is 6.33 Å². The van der Waals surface area contributed by atoms with Gasteiger partial charge in [-0.3, -0.25) is 4.68 Å². The van der Waals surface area contributed by atoms with Crippen LogP contribution in [0.15, 0.2) is 55.2 Å². The topological polar surface area (TPSA) is 74.0 Å². The molecule has 0 amide bonds. The van der Waals surface area contributed by atoms with E-state index in [-0.39, 0.29) is 12.4 Å². The predicted octanol–water partition coefficient (Wildman–Crippen LogP) is 2.80. The number of nitrogens with zero attached hydrogens (tertiary/aromatic N) is 5. The highest BCUT2D eigenvalue weighted by molar-refractivity contribution is 5.85. The van der Waals surface area contributed by atoms with Crippen LogP contribution in [0.2, 0.25) is 0 Å². The van der Waals surface area contributed by atoms with Crippen molar-refractivity contribution in [3.8, 4) is 22.4 Å². The lowest BCUT2D eigenvalue weighted by molar-refractivity contribution is 0.768. The third-order valence-electron chi connectivity index (χ3n) is 3.63. The van der Waals surface area contributed by atoms with Crippen LogP contribution in [0.5, 0.6) is 0 Å². The second kappa shape index (κ2) is 5.73. The Labute approximate surface area is 139 Å². The van der Waals surface area contributed by atoms with Crippen molar-refractivity contribution in [2.75, 3.05) is 5.73 Å². The summed E-state index contributed by atoms with van der Waals surface area (Å²) in [5, 5.41) is 8.50. The molecule has 3 heterocycles. The number of halogens is 1. The molecule has 0 saturated carbocycles. The van der Waals surface area contributed by atoms with Gasteiger partial charge in [0, 0.05) is 41.8 Å². The van der Waals surface area contributed by atoms with Crippen LogP contribution in [0.4, 0.5) is 5.69 Å². The molecule has 0 radical (unpaired) electrons. The van der Waals surface area contributed by atoms with E-state index < -0.39 is 0 Å². The summed E-state index contributed by atoms with van der Waals surface area (Å²) >= 11 is 0. The normalized spacial score (nSPS) is 10.7. The van der Waals surface area contributed by atoms with Crippen LogP contribution in [0.25, 0.3) is 27.9 Å².